The van der Waals surface area contributed by atoms with Crippen molar-refractivity contribution in [3.05, 3.63) is 51.3 Å². The summed E-state index contributed by atoms with van der Waals surface area (Å²) in [6.07, 6.45) is 0. The highest BCUT2D eigenvalue weighted by Gasteiger charge is 2.12. The van der Waals surface area contributed by atoms with Crippen LogP contribution in [0.2, 0.25) is 5.02 Å². The van der Waals surface area contributed by atoms with E-state index in [0.717, 1.165) is 44.1 Å². The molecule has 0 bridgehead atoms. The third kappa shape index (κ3) is 3.99. The van der Waals surface area contributed by atoms with Crippen molar-refractivity contribution in [2.24, 2.45) is 0 Å². The predicted octanol–water partition coefficient (Wildman–Crippen LogP) is 2.20. The van der Waals surface area contributed by atoms with Crippen LogP contribution in [0.4, 0.5) is 0 Å². The highest BCUT2D eigenvalue weighted by molar-refractivity contribution is 6.30. The van der Waals surface area contributed by atoms with Gasteiger partial charge in [-0.3, -0.25) is 9.69 Å². The van der Waals surface area contributed by atoms with E-state index in [-0.39, 0.29) is 5.56 Å². The fraction of sp³-hybridized carbons (Fsp3) is 0.412. The molecule has 1 saturated heterocycles. The Morgan fingerprint density at radius 2 is 2.00 bits per heavy atom. The Balaban J connectivity index is 1.83. The van der Waals surface area contributed by atoms with Gasteiger partial charge in [0.15, 0.2) is 0 Å². The molecule has 0 N–H and O–H groups in total. The average molecular weight is 334 g/mol. The fourth-order valence-corrected chi connectivity index (χ4v) is 2.87. The molecule has 0 aliphatic carbocycles. The molecule has 1 aromatic heterocycles. The molecular weight excluding hydrogens is 314 g/mol. The summed E-state index contributed by atoms with van der Waals surface area (Å²) in [5.74, 6) is 0. The molecule has 0 saturated carbocycles. The SMILES string of the molecule is Cc1cc(-c2cccc(Cl)c2)nn(CCN2CCOCC2)c1=O. The number of nitrogens with zero attached hydrogens (tertiary/aromatic N) is 3. The van der Waals surface area contributed by atoms with Gasteiger partial charge in [0.25, 0.3) is 5.56 Å². The van der Waals surface area contributed by atoms with Crippen molar-refractivity contribution in [3.63, 3.8) is 0 Å². The summed E-state index contributed by atoms with van der Waals surface area (Å²) in [5, 5.41) is 5.18. The van der Waals surface area contributed by atoms with E-state index in [1.165, 1.54) is 0 Å². The maximum Gasteiger partial charge on any atom is 0.269 e. The van der Waals surface area contributed by atoms with E-state index >= 15 is 0 Å². The third-order valence-electron chi connectivity index (χ3n) is 4.01. The van der Waals surface area contributed by atoms with E-state index in [1.807, 2.05) is 37.3 Å². The zero-order chi connectivity index (χ0) is 16.2. The zero-order valence-electron chi connectivity index (χ0n) is 13.2. The van der Waals surface area contributed by atoms with Crippen LogP contribution in [0.15, 0.2) is 35.1 Å². The molecule has 0 radical (unpaired) electrons. The summed E-state index contributed by atoms with van der Waals surface area (Å²) in [6.45, 7) is 6.52. The molecule has 122 valence electrons. The van der Waals surface area contributed by atoms with Gasteiger partial charge in [0.2, 0.25) is 0 Å². The Hall–Kier alpha value is -1.69. The Morgan fingerprint density at radius 1 is 1.22 bits per heavy atom. The highest BCUT2D eigenvalue weighted by atomic mass is 35.5. The number of aromatic nitrogens is 2. The summed E-state index contributed by atoms with van der Waals surface area (Å²) in [5.41, 5.74) is 2.34. The minimum atomic E-state index is -0.0379. The minimum absolute atomic E-state index is 0.0379. The maximum atomic E-state index is 12.3. The van der Waals surface area contributed by atoms with Crippen LogP contribution in [0, 0.1) is 6.92 Å². The summed E-state index contributed by atoms with van der Waals surface area (Å²) in [6, 6.07) is 9.34. The van der Waals surface area contributed by atoms with E-state index < -0.39 is 0 Å². The van der Waals surface area contributed by atoms with Crippen molar-refractivity contribution in [2.45, 2.75) is 13.5 Å². The van der Waals surface area contributed by atoms with Crippen molar-refractivity contribution in [1.82, 2.24) is 14.7 Å². The Morgan fingerprint density at radius 3 is 2.74 bits per heavy atom. The lowest BCUT2D eigenvalue weighted by Gasteiger charge is -2.26. The van der Waals surface area contributed by atoms with Crippen LogP contribution in [0.25, 0.3) is 11.3 Å². The second-order valence-electron chi connectivity index (χ2n) is 5.71. The van der Waals surface area contributed by atoms with E-state index in [1.54, 1.807) is 4.68 Å². The minimum Gasteiger partial charge on any atom is -0.379 e. The first kappa shape index (κ1) is 16.2. The normalized spacial score (nSPS) is 15.7. The Labute approximate surface area is 140 Å². The number of morpholine rings is 1. The molecule has 2 heterocycles. The van der Waals surface area contributed by atoms with E-state index in [4.69, 9.17) is 16.3 Å². The lowest BCUT2D eigenvalue weighted by atomic mass is 10.1. The van der Waals surface area contributed by atoms with E-state index in [0.29, 0.717) is 17.1 Å². The number of ether oxygens (including phenoxy) is 1. The Bertz CT molecular complexity index is 739. The molecule has 1 aliphatic rings. The second kappa shape index (κ2) is 7.25. The van der Waals surface area contributed by atoms with Gasteiger partial charge in [0.05, 0.1) is 25.5 Å². The standard InChI is InChI=1S/C17H20ClN3O2/c1-13-11-16(14-3-2-4-15(18)12-14)19-21(17(13)22)6-5-20-7-9-23-10-8-20/h2-4,11-12H,5-10H2,1H3. The monoisotopic (exact) mass is 333 g/mol. The largest absolute Gasteiger partial charge is 0.379 e. The first-order valence-corrected chi connectivity index (χ1v) is 8.16. The second-order valence-corrected chi connectivity index (χ2v) is 6.14. The van der Waals surface area contributed by atoms with Crippen LogP contribution in [0.1, 0.15) is 5.56 Å². The molecule has 23 heavy (non-hydrogen) atoms. The number of aryl methyl sites for hydroxylation is 1. The van der Waals surface area contributed by atoms with Crippen LogP contribution in [-0.2, 0) is 11.3 Å². The summed E-state index contributed by atoms with van der Waals surface area (Å²) < 4.78 is 6.90. The first-order valence-electron chi connectivity index (χ1n) is 7.78. The highest BCUT2D eigenvalue weighted by Crippen LogP contribution is 2.20. The molecule has 1 fully saturated rings. The summed E-state index contributed by atoms with van der Waals surface area (Å²) >= 11 is 6.05. The van der Waals surface area contributed by atoms with Crippen LogP contribution < -0.4 is 5.56 Å². The fourth-order valence-electron chi connectivity index (χ4n) is 2.68. The number of halogens is 1. The topological polar surface area (TPSA) is 47.4 Å². The number of benzene rings is 1. The summed E-state index contributed by atoms with van der Waals surface area (Å²) in [7, 11) is 0. The molecule has 0 unspecified atom stereocenters. The van der Waals surface area contributed by atoms with E-state index in [9.17, 15) is 4.79 Å². The first-order chi connectivity index (χ1) is 11.1. The molecule has 0 amide bonds. The van der Waals surface area contributed by atoms with Gasteiger partial charge < -0.3 is 4.74 Å². The van der Waals surface area contributed by atoms with Crippen molar-refractivity contribution in [3.8, 4) is 11.3 Å². The van der Waals surface area contributed by atoms with Crippen molar-refractivity contribution in [2.75, 3.05) is 32.8 Å². The molecule has 1 aromatic carbocycles. The van der Waals surface area contributed by atoms with Crippen molar-refractivity contribution >= 4 is 11.6 Å². The van der Waals surface area contributed by atoms with Gasteiger partial charge in [-0.05, 0) is 25.1 Å². The average Bonchev–Trinajstić information content (AvgIpc) is 2.57. The van der Waals surface area contributed by atoms with Gasteiger partial charge in [0, 0.05) is 35.8 Å². The lowest BCUT2D eigenvalue weighted by molar-refractivity contribution is 0.0358. The molecule has 1 aliphatic heterocycles. The van der Waals surface area contributed by atoms with Gasteiger partial charge in [-0.1, -0.05) is 23.7 Å². The number of hydrogen-bond donors (Lipinski definition) is 0. The van der Waals surface area contributed by atoms with Crippen molar-refractivity contribution in [1.29, 1.82) is 0 Å². The van der Waals surface area contributed by atoms with Gasteiger partial charge in [-0.25, -0.2) is 4.68 Å². The molecular formula is C17H20ClN3O2. The van der Waals surface area contributed by atoms with Crippen LogP contribution >= 0.6 is 11.6 Å². The van der Waals surface area contributed by atoms with Gasteiger partial charge >= 0.3 is 0 Å². The van der Waals surface area contributed by atoms with Crippen LogP contribution in [0.5, 0.6) is 0 Å². The van der Waals surface area contributed by atoms with E-state index in [2.05, 4.69) is 10.00 Å². The lowest BCUT2D eigenvalue weighted by Crippen LogP contribution is -2.40. The molecule has 0 spiro atoms. The van der Waals surface area contributed by atoms with Gasteiger partial charge in [-0.2, -0.15) is 5.10 Å². The van der Waals surface area contributed by atoms with Gasteiger partial charge in [0.1, 0.15) is 0 Å². The third-order valence-corrected chi connectivity index (χ3v) is 4.24. The Kier molecular flexibility index (Phi) is 5.10. The molecule has 6 heteroatoms. The van der Waals surface area contributed by atoms with Crippen molar-refractivity contribution < 1.29 is 4.74 Å². The summed E-state index contributed by atoms with van der Waals surface area (Å²) in [4.78, 5) is 14.6. The predicted molar refractivity (Wildman–Crippen MR) is 90.9 cm³/mol. The maximum absolute atomic E-state index is 12.3. The van der Waals surface area contributed by atoms with Crippen LogP contribution in [-0.4, -0.2) is 47.5 Å². The molecule has 3 rings (SSSR count). The number of hydrogen-bond acceptors (Lipinski definition) is 4. The molecule has 5 nitrogen and oxygen atoms in total. The van der Waals surface area contributed by atoms with Crippen LogP contribution in [0.3, 0.4) is 0 Å². The molecule has 2 aromatic rings. The van der Waals surface area contributed by atoms with Gasteiger partial charge in [-0.15, -0.1) is 0 Å². The smallest absolute Gasteiger partial charge is 0.269 e. The quantitative estimate of drug-likeness (QED) is 0.860. The molecule has 0 atom stereocenters. The number of rotatable bonds is 4. The zero-order valence-corrected chi connectivity index (χ0v) is 13.9.